The van der Waals surface area contributed by atoms with Crippen LogP contribution < -0.4 is 5.32 Å². The molecule has 0 aliphatic carbocycles. The van der Waals surface area contributed by atoms with E-state index in [2.05, 4.69) is 5.32 Å². The highest BCUT2D eigenvalue weighted by molar-refractivity contribution is 5.74. The lowest BCUT2D eigenvalue weighted by atomic mass is 10.1. The van der Waals surface area contributed by atoms with Gasteiger partial charge in [0.05, 0.1) is 16.1 Å². The van der Waals surface area contributed by atoms with Gasteiger partial charge in [-0.2, -0.15) is 10.5 Å². The summed E-state index contributed by atoms with van der Waals surface area (Å²) in [6, 6.07) is 13.4. The molecule has 0 atom stereocenters. The van der Waals surface area contributed by atoms with Crippen molar-refractivity contribution in [2.75, 3.05) is 5.32 Å². The van der Waals surface area contributed by atoms with Gasteiger partial charge in [-0.1, -0.05) is 18.2 Å². The van der Waals surface area contributed by atoms with E-state index in [0.717, 1.165) is 11.6 Å². The van der Waals surface area contributed by atoms with Crippen LogP contribution in [0.15, 0.2) is 36.4 Å². The zero-order valence-corrected chi connectivity index (χ0v) is 11.1. The molecule has 2 aromatic carbocycles. The Morgan fingerprint density at radius 3 is 2.29 bits per heavy atom. The molecule has 0 aliphatic rings. The number of para-hydroxylation sites is 1. The number of nitro groups is 1. The summed E-state index contributed by atoms with van der Waals surface area (Å²) >= 11 is 0. The molecule has 6 heteroatoms. The summed E-state index contributed by atoms with van der Waals surface area (Å²) in [7, 11) is 0. The Hall–Kier alpha value is -3.38. The molecule has 0 amide bonds. The van der Waals surface area contributed by atoms with Crippen molar-refractivity contribution in [3.05, 3.63) is 63.2 Å². The van der Waals surface area contributed by atoms with Gasteiger partial charge in [-0.25, -0.2) is 0 Å². The Morgan fingerprint density at radius 2 is 1.71 bits per heavy atom. The summed E-state index contributed by atoms with van der Waals surface area (Å²) in [4.78, 5) is 10.6. The minimum atomic E-state index is -0.581. The molecule has 2 rings (SSSR count). The molecule has 0 spiro atoms. The molecule has 2 aromatic rings. The zero-order chi connectivity index (χ0) is 15.4. The predicted octanol–water partition coefficient (Wildman–Crippen LogP) is 3.39. The first-order chi connectivity index (χ1) is 10.1. The van der Waals surface area contributed by atoms with Gasteiger partial charge >= 0.3 is 0 Å². The van der Waals surface area contributed by atoms with Gasteiger partial charge < -0.3 is 5.32 Å². The van der Waals surface area contributed by atoms with Crippen LogP contribution in [0.3, 0.4) is 0 Å². The van der Waals surface area contributed by atoms with Crippen LogP contribution >= 0.6 is 0 Å². The van der Waals surface area contributed by atoms with Crippen LogP contribution in [-0.2, 0) is 0 Å². The van der Waals surface area contributed by atoms with E-state index in [1.165, 1.54) is 6.07 Å². The van der Waals surface area contributed by atoms with E-state index in [4.69, 9.17) is 10.5 Å². The van der Waals surface area contributed by atoms with E-state index in [1.807, 2.05) is 25.1 Å². The molecule has 6 nitrogen and oxygen atoms in total. The number of nitro benzene ring substituents is 1. The van der Waals surface area contributed by atoms with Gasteiger partial charge in [0, 0.05) is 11.8 Å². The lowest BCUT2D eigenvalue weighted by Gasteiger charge is -2.10. The van der Waals surface area contributed by atoms with Crippen molar-refractivity contribution < 1.29 is 4.92 Å². The number of nitrogens with one attached hydrogen (secondary N) is 1. The largest absolute Gasteiger partial charge is 0.350 e. The number of anilines is 2. The van der Waals surface area contributed by atoms with Crippen molar-refractivity contribution in [1.82, 2.24) is 0 Å². The standard InChI is InChI=1S/C15H10N4O2/c1-10-4-2-3-5-13(10)18-14-6-11(8-16)12(9-17)7-15(14)19(20)21/h2-7,18H,1H3. The van der Waals surface area contributed by atoms with Crippen LogP contribution in [0.1, 0.15) is 16.7 Å². The van der Waals surface area contributed by atoms with Crippen LogP contribution in [0, 0.1) is 39.7 Å². The van der Waals surface area contributed by atoms with Crippen molar-refractivity contribution in [1.29, 1.82) is 10.5 Å². The van der Waals surface area contributed by atoms with Crippen LogP contribution in [-0.4, -0.2) is 4.92 Å². The monoisotopic (exact) mass is 278 g/mol. The van der Waals surface area contributed by atoms with E-state index >= 15 is 0 Å². The number of rotatable bonds is 3. The molecule has 1 N–H and O–H groups in total. The minimum Gasteiger partial charge on any atom is -0.350 e. The highest BCUT2D eigenvalue weighted by Gasteiger charge is 2.18. The highest BCUT2D eigenvalue weighted by Crippen LogP contribution is 2.31. The van der Waals surface area contributed by atoms with Crippen molar-refractivity contribution in [2.45, 2.75) is 6.92 Å². The first kappa shape index (κ1) is 14.0. The lowest BCUT2D eigenvalue weighted by molar-refractivity contribution is -0.383. The van der Waals surface area contributed by atoms with Crippen LogP contribution in [0.5, 0.6) is 0 Å². The maximum absolute atomic E-state index is 11.1. The topological polar surface area (TPSA) is 103 Å². The smallest absolute Gasteiger partial charge is 0.294 e. The average molecular weight is 278 g/mol. The summed E-state index contributed by atoms with van der Waals surface area (Å²) in [5.74, 6) is 0. The quantitative estimate of drug-likeness (QED) is 0.684. The molecule has 0 saturated heterocycles. The van der Waals surface area contributed by atoms with Crippen molar-refractivity contribution in [3.63, 3.8) is 0 Å². The molecule has 0 heterocycles. The summed E-state index contributed by atoms with van der Waals surface area (Å²) in [6.07, 6.45) is 0. The number of hydrogen-bond donors (Lipinski definition) is 1. The van der Waals surface area contributed by atoms with Gasteiger partial charge in [-0.3, -0.25) is 10.1 Å². The normalized spacial score (nSPS) is 9.48. The molecule has 21 heavy (non-hydrogen) atoms. The molecule has 0 aliphatic heterocycles. The number of benzene rings is 2. The van der Waals surface area contributed by atoms with E-state index in [0.29, 0.717) is 5.69 Å². The SMILES string of the molecule is Cc1ccccc1Nc1cc(C#N)c(C#N)cc1[N+](=O)[O-]. The maximum atomic E-state index is 11.1. The summed E-state index contributed by atoms with van der Waals surface area (Å²) in [5.41, 5.74) is 1.64. The van der Waals surface area contributed by atoms with Gasteiger partial charge in [0.25, 0.3) is 5.69 Å². The first-order valence-corrected chi connectivity index (χ1v) is 6.02. The Bertz CT molecular complexity index is 800. The second-order valence-electron chi connectivity index (χ2n) is 4.34. The van der Waals surface area contributed by atoms with Gasteiger partial charge in [0.1, 0.15) is 17.8 Å². The van der Waals surface area contributed by atoms with Gasteiger partial charge in [-0.05, 0) is 24.6 Å². The van der Waals surface area contributed by atoms with Gasteiger partial charge in [0.15, 0.2) is 0 Å². The fraction of sp³-hybridized carbons (Fsp3) is 0.0667. The Balaban J connectivity index is 2.58. The molecule has 102 valence electrons. The predicted molar refractivity (Wildman–Crippen MR) is 77.0 cm³/mol. The second-order valence-corrected chi connectivity index (χ2v) is 4.34. The molecule has 0 saturated carbocycles. The van der Waals surface area contributed by atoms with E-state index < -0.39 is 4.92 Å². The maximum Gasteiger partial charge on any atom is 0.294 e. The van der Waals surface area contributed by atoms with Gasteiger partial charge in [0.2, 0.25) is 0 Å². The zero-order valence-electron chi connectivity index (χ0n) is 11.1. The number of nitriles is 2. The molecule has 0 aromatic heterocycles. The second kappa shape index (κ2) is 5.72. The number of hydrogen-bond acceptors (Lipinski definition) is 5. The molecule has 0 radical (unpaired) electrons. The third-order valence-corrected chi connectivity index (χ3v) is 2.99. The molecule has 0 fully saturated rings. The van der Waals surface area contributed by atoms with Crippen molar-refractivity contribution in [2.24, 2.45) is 0 Å². The fourth-order valence-electron chi connectivity index (χ4n) is 1.88. The van der Waals surface area contributed by atoms with Gasteiger partial charge in [-0.15, -0.1) is 0 Å². The molecular weight excluding hydrogens is 268 g/mol. The van der Waals surface area contributed by atoms with E-state index in [9.17, 15) is 10.1 Å². The third-order valence-electron chi connectivity index (χ3n) is 2.99. The van der Waals surface area contributed by atoms with E-state index in [-0.39, 0.29) is 22.5 Å². The summed E-state index contributed by atoms with van der Waals surface area (Å²) in [6.45, 7) is 1.86. The number of aryl methyl sites for hydroxylation is 1. The summed E-state index contributed by atoms with van der Waals surface area (Å²) < 4.78 is 0. The van der Waals surface area contributed by atoms with Crippen LogP contribution in [0.2, 0.25) is 0 Å². The van der Waals surface area contributed by atoms with Crippen molar-refractivity contribution >= 4 is 17.1 Å². The number of nitrogens with zero attached hydrogens (tertiary/aromatic N) is 3. The molecule has 0 unspecified atom stereocenters. The lowest BCUT2D eigenvalue weighted by Crippen LogP contribution is -2.00. The fourth-order valence-corrected chi connectivity index (χ4v) is 1.88. The first-order valence-electron chi connectivity index (χ1n) is 6.02. The summed E-state index contributed by atoms with van der Waals surface area (Å²) in [5, 5.41) is 32.0. The highest BCUT2D eigenvalue weighted by atomic mass is 16.6. The van der Waals surface area contributed by atoms with E-state index in [1.54, 1.807) is 18.2 Å². The average Bonchev–Trinajstić information content (AvgIpc) is 2.48. The van der Waals surface area contributed by atoms with Crippen LogP contribution in [0.25, 0.3) is 0 Å². The minimum absolute atomic E-state index is 0.0143. The Kier molecular flexibility index (Phi) is 3.83. The van der Waals surface area contributed by atoms with Crippen LogP contribution in [0.4, 0.5) is 17.1 Å². The van der Waals surface area contributed by atoms with Crippen molar-refractivity contribution in [3.8, 4) is 12.1 Å². The Labute approximate surface area is 121 Å². The third kappa shape index (κ3) is 2.80. The Morgan fingerprint density at radius 1 is 1.10 bits per heavy atom. The molecular formula is C15H10N4O2. The molecule has 0 bridgehead atoms.